The summed E-state index contributed by atoms with van der Waals surface area (Å²) >= 11 is 1.37. The van der Waals surface area contributed by atoms with Gasteiger partial charge in [-0.2, -0.15) is 0 Å². The molecule has 0 spiro atoms. The molecule has 1 aromatic heterocycles. The molecule has 0 aliphatic rings. The molecule has 1 unspecified atom stereocenters. The molecular formula is C14H21NO4S. The summed E-state index contributed by atoms with van der Waals surface area (Å²) in [5.74, 6) is -0.529. The van der Waals surface area contributed by atoms with E-state index in [2.05, 4.69) is 5.32 Å². The maximum Gasteiger partial charge on any atom is 0.341 e. The highest BCUT2D eigenvalue weighted by Gasteiger charge is 2.18. The minimum Gasteiger partial charge on any atom is -0.462 e. The third-order valence-corrected chi connectivity index (χ3v) is 3.75. The molecule has 0 aliphatic heterocycles. The molecule has 0 aliphatic carbocycles. The van der Waals surface area contributed by atoms with Crippen LogP contribution >= 0.6 is 11.3 Å². The zero-order valence-electron chi connectivity index (χ0n) is 12.3. The van der Waals surface area contributed by atoms with Gasteiger partial charge in [0.05, 0.1) is 18.3 Å². The Morgan fingerprint density at radius 3 is 2.75 bits per heavy atom. The maximum atomic E-state index is 11.9. The Morgan fingerprint density at radius 2 is 2.15 bits per heavy atom. The Balaban J connectivity index is 2.67. The third kappa shape index (κ3) is 4.94. The van der Waals surface area contributed by atoms with E-state index in [1.807, 2.05) is 13.8 Å². The van der Waals surface area contributed by atoms with E-state index in [1.54, 1.807) is 20.1 Å². The second-order valence-corrected chi connectivity index (χ2v) is 5.71. The van der Waals surface area contributed by atoms with Gasteiger partial charge in [-0.25, -0.2) is 4.79 Å². The van der Waals surface area contributed by atoms with Gasteiger partial charge in [0.15, 0.2) is 0 Å². The van der Waals surface area contributed by atoms with Gasteiger partial charge in [-0.1, -0.05) is 0 Å². The minimum atomic E-state index is -0.405. The fourth-order valence-electron chi connectivity index (χ4n) is 1.61. The van der Waals surface area contributed by atoms with Crippen molar-refractivity contribution < 1.29 is 19.1 Å². The maximum absolute atomic E-state index is 11.9. The molecule has 0 saturated heterocycles. The molecular weight excluding hydrogens is 278 g/mol. The van der Waals surface area contributed by atoms with E-state index in [4.69, 9.17) is 9.47 Å². The summed E-state index contributed by atoms with van der Waals surface area (Å²) in [7, 11) is 1.62. The highest BCUT2D eigenvalue weighted by atomic mass is 32.1. The number of anilines is 1. The van der Waals surface area contributed by atoms with Crippen LogP contribution in [0.15, 0.2) is 6.07 Å². The number of rotatable bonds is 7. The van der Waals surface area contributed by atoms with Crippen LogP contribution in [0, 0.1) is 6.92 Å². The first kappa shape index (κ1) is 16.7. The van der Waals surface area contributed by atoms with Crippen molar-refractivity contribution in [3.05, 3.63) is 16.5 Å². The first-order valence-corrected chi connectivity index (χ1v) is 7.39. The minimum absolute atomic E-state index is 0.0374. The van der Waals surface area contributed by atoms with Crippen molar-refractivity contribution in [2.75, 3.05) is 19.0 Å². The molecule has 1 atom stereocenters. The Hall–Kier alpha value is -1.40. The van der Waals surface area contributed by atoms with Crippen molar-refractivity contribution in [2.24, 2.45) is 0 Å². The Kier molecular flexibility index (Phi) is 6.67. The first-order valence-electron chi connectivity index (χ1n) is 6.58. The number of hydrogen-bond donors (Lipinski definition) is 1. The van der Waals surface area contributed by atoms with Crippen LogP contribution in [0.2, 0.25) is 0 Å². The van der Waals surface area contributed by atoms with E-state index in [1.165, 1.54) is 11.3 Å². The molecule has 5 nitrogen and oxygen atoms in total. The summed E-state index contributed by atoms with van der Waals surface area (Å²) in [4.78, 5) is 24.6. The van der Waals surface area contributed by atoms with Gasteiger partial charge in [-0.15, -0.1) is 11.3 Å². The van der Waals surface area contributed by atoms with E-state index < -0.39 is 5.97 Å². The van der Waals surface area contributed by atoms with E-state index in [9.17, 15) is 9.59 Å². The van der Waals surface area contributed by atoms with Gasteiger partial charge in [-0.05, 0) is 33.3 Å². The summed E-state index contributed by atoms with van der Waals surface area (Å²) < 4.78 is 10.1. The fourth-order valence-corrected chi connectivity index (χ4v) is 2.52. The molecule has 0 saturated carbocycles. The second-order valence-electron chi connectivity index (χ2n) is 4.45. The lowest BCUT2D eigenvalue weighted by atomic mass is 10.2. The van der Waals surface area contributed by atoms with Gasteiger partial charge in [0.25, 0.3) is 0 Å². The zero-order chi connectivity index (χ0) is 15.1. The van der Waals surface area contributed by atoms with Gasteiger partial charge in [0.1, 0.15) is 5.00 Å². The molecule has 1 N–H and O–H groups in total. The monoisotopic (exact) mass is 299 g/mol. The molecule has 20 heavy (non-hydrogen) atoms. The van der Waals surface area contributed by atoms with Gasteiger partial charge in [0.2, 0.25) is 5.91 Å². The number of nitrogens with one attached hydrogen (secondary N) is 1. The number of thiophene rings is 1. The van der Waals surface area contributed by atoms with Crippen LogP contribution in [0.4, 0.5) is 5.00 Å². The van der Waals surface area contributed by atoms with E-state index >= 15 is 0 Å². The number of methoxy groups -OCH3 is 1. The van der Waals surface area contributed by atoms with Crippen molar-refractivity contribution in [2.45, 2.75) is 39.7 Å². The number of carbonyl (C=O) groups is 2. The smallest absolute Gasteiger partial charge is 0.341 e. The number of hydrogen-bond acceptors (Lipinski definition) is 5. The van der Waals surface area contributed by atoms with Crippen LogP contribution in [0.5, 0.6) is 0 Å². The van der Waals surface area contributed by atoms with Gasteiger partial charge < -0.3 is 14.8 Å². The van der Waals surface area contributed by atoms with Crippen LogP contribution < -0.4 is 5.32 Å². The lowest BCUT2D eigenvalue weighted by Crippen LogP contribution is -2.16. The van der Waals surface area contributed by atoms with Crippen LogP contribution in [0.1, 0.15) is 41.9 Å². The Morgan fingerprint density at radius 1 is 1.45 bits per heavy atom. The molecule has 0 bridgehead atoms. The van der Waals surface area contributed by atoms with Crippen molar-refractivity contribution in [3.8, 4) is 0 Å². The molecule has 0 radical (unpaired) electrons. The summed E-state index contributed by atoms with van der Waals surface area (Å²) in [6.45, 7) is 5.86. The summed E-state index contributed by atoms with van der Waals surface area (Å²) in [5, 5.41) is 3.33. The number of amides is 1. The summed E-state index contributed by atoms with van der Waals surface area (Å²) in [6, 6.07) is 1.73. The van der Waals surface area contributed by atoms with E-state index in [0.29, 0.717) is 30.0 Å². The number of aryl methyl sites for hydroxylation is 1. The van der Waals surface area contributed by atoms with E-state index in [-0.39, 0.29) is 12.0 Å². The van der Waals surface area contributed by atoms with Crippen LogP contribution in [0.3, 0.4) is 0 Å². The second kappa shape index (κ2) is 8.01. The molecule has 1 heterocycles. The van der Waals surface area contributed by atoms with Crippen molar-refractivity contribution in [1.82, 2.24) is 0 Å². The van der Waals surface area contributed by atoms with Crippen molar-refractivity contribution in [1.29, 1.82) is 0 Å². The Labute approximate surface area is 123 Å². The molecule has 1 rings (SSSR count). The molecule has 1 amide bonds. The highest BCUT2D eigenvalue weighted by Crippen LogP contribution is 2.28. The van der Waals surface area contributed by atoms with Crippen molar-refractivity contribution in [3.63, 3.8) is 0 Å². The number of ether oxygens (including phenoxy) is 2. The summed E-state index contributed by atoms with van der Waals surface area (Å²) in [5.41, 5.74) is 0.419. The average Bonchev–Trinajstić information content (AvgIpc) is 2.77. The van der Waals surface area contributed by atoms with Gasteiger partial charge >= 0.3 is 5.97 Å². The predicted octanol–water partition coefficient (Wildman–Crippen LogP) is 2.99. The highest BCUT2D eigenvalue weighted by molar-refractivity contribution is 7.16. The normalized spacial score (nSPS) is 12.0. The van der Waals surface area contributed by atoms with E-state index in [0.717, 1.165) is 4.88 Å². The van der Waals surface area contributed by atoms with Gasteiger partial charge in [0, 0.05) is 18.4 Å². The number of carbonyl (C=O) groups excluding carboxylic acids is 2. The average molecular weight is 299 g/mol. The molecule has 112 valence electrons. The van der Waals surface area contributed by atoms with Crippen LogP contribution in [-0.2, 0) is 14.3 Å². The molecule has 0 aromatic carbocycles. The summed E-state index contributed by atoms with van der Waals surface area (Å²) in [6.07, 6.45) is 1.03. The molecule has 6 heteroatoms. The van der Waals surface area contributed by atoms with Crippen LogP contribution in [-0.4, -0.2) is 31.7 Å². The van der Waals surface area contributed by atoms with Crippen molar-refractivity contribution >= 4 is 28.2 Å². The largest absolute Gasteiger partial charge is 0.462 e. The lowest BCUT2D eigenvalue weighted by molar-refractivity contribution is -0.116. The SMILES string of the molecule is CCOC(=O)c1cc(C)sc1NC(=O)CCC(C)OC. The topological polar surface area (TPSA) is 64.6 Å². The Bertz CT molecular complexity index is 470. The molecule has 0 fully saturated rings. The quantitative estimate of drug-likeness (QED) is 0.786. The molecule has 1 aromatic rings. The third-order valence-electron chi connectivity index (χ3n) is 2.78. The lowest BCUT2D eigenvalue weighted by Gasteiger charge is -2.09. The fraction of sp³-hybridized carbons (Fsp3) is 0.571. The number of esters is 1. The standard InChI is InChI=1S/C14H21NO4S/c1-5-19-14(17)11-8-10(3)20-13(11)15-12(16)7-6-9(2)18-4/h8-9H,5-7H2,1-4H3,(H,15,16). The predicted molar refractivity (Wildman–Crippen MR) is 79.3 cm³/mol. The first-order chi connectivity index (χ1) is 9.47. The van der Waals surface area contributed by atoms with Gasteiger partial charge in [-0.3, -0.25) is 4.79 Å². The zero-order valence-corrected chi connectivity index (χ0v) is 13.1. The van der Waals surface area contributed by atoms with Crippen LogP contribution in [0.25, 0.3) is 0 Å².